The third-order valence-corrected chi connectivity index (χ3v) is 6.29. The third kappa shape index (κ3) is 4.65. The highest BCUT2D eigenvalue weighted by Gasteiger charge is 2.46. The Balaban J connectivity index is 1.80. The molecule has 0 radical (unpaired) electrons. The topological polar surface area (TPSA) is 66.8 Å². The first kappa shape index (κ1) is 23.8. The Kier molecular flexibility index (Phi) is 6.91. The number of Topliss-reactive ketones (excluding diaryl/α,β-unsaturated/α-hetero) is 1. The summed E-state index contributed by atoms with van der Waals surface area (Å²) in [5.41, 5.74) is 1.43. The van der Waals surface area contributed by atoms with Gasteiger partial charge in [-0.15, -0.1) is 0 Å². The third-order valence-electron chi connectivity index (χ3n) is 5.71. The lowest BCUT2D eigenvalue weighted by Gasteiger charge is -2.25. The number of rotatable bonds is 6. The lowest BCUT2D eigenvalue weighted by Crippen LogP contribution is -2.31. The molecule has 0 saturated carbocycles. The molecule has 0 spiro atoms. The molecule has 3 aromatic carbocycles. The molecule has 1 N–H and O–H groups in total. The van der Waals surface area contributed by atoms with Gasteiger partial charge in [-0.1, -0.05) is 47.5 Å². The number of ketones is 1. The average molecular weight is 500 g/mol. The second kappa shape index (κ2) is 9.87. The smallest absolute Gasteiger partial charge is 0.295 e. The van der Waals surface area contributed by atoms with Crippen LogP contribution in [0.1, 0.15) is 22.7 Å². The van der Waals surface area contributed by atoms with E-state index >= 15 is 0 Å². The summed E-state index contributed by atoms with van der Waals surface area (Å²) in [4.78, 5) is 27.6. The molecule has 3 aromatic rings. The van der Waals surface area contributed by atoms with E-state index in [2.05, 4.69) is 0 Å². The van der Waals surface area contributed by atoms with Crippen LogP contribution in [-0.4, -0.2) is 35.4 Å². The Morgan fingerprint density at radius 2 is 1.71 bits per heavy atom. The molecule has 8 heteroatoms. The van der Waals surface area contributed by atoms with Crippen LogP contribution in [0.2, 0.25) is 10.0 Å². The zero-order valence-corrected chi connectivity index (χ0v) is 19.6. The summed E-state index contributed by atoms with van der Waals surface area (Å²) in [5.74, 6) is -2.07. The van der Waals surface area contributed by atoms with Gasteiger partial charge in [0.1, 0.15) is 17.3 Å². The van der Waals surface area contributed by atoms with Gasteiger partial charge in [-0.25, -0.2) is 4.39 Å². The number of amides is 1. The van der Waals surface area contributed by atoms with Gasteiger partial charge in [-0.2, -0.15) is 0 Å². The number of ether oxygens (including phenoxy) is 1. The Hall–Kier alpha value is -3.35. The number of hydrogen-bond acceptors (Lipinski definition) is 4. The summed E-state index contributed by atoms with van der Waals surface area (Å²) < 4.78 is 18.8. The lowest BCUT2D eigenvalue weighted by atomic mass is 9.95. The molecule has 0 aromatic heterocycles. The minimum Gasteiger partial charge on any atom is -0.507 e. The molecule has 1 aliphatic rings. The van der Waals surface area contributed by atoms with Crippen molar-refractivity contribution < 1.29 is 23.8 Å². The molecular weight excluding hydrogens is 480 g/mol. The van der Waals surface area contributed by atoms with Crippen molar-refractivity contribution >= 4 is 40.7 Å². The molecule has 1 heterocycles. The maximum Gasteiger partial charge on any atom is 0.295 e. The number of carbonyl (C=O) groups is 2. The van der Waals surface area contributed by atoms with E-state index in [1.807, 2.05) is 12.1 Å². The quantitative estimate of drug-likeness (QED) is 0.264. The second-order valence-corrected chi connectivity index (χ2v) is 8.61. The number of halogens is 3. The van der Waals surface area contributed by atoms with Crippen molar-refractivity contribution in [2.24, 2.45) is 0 Å². The van der Waals surface area contributed by atoms with Gasteiger partial charge < -0.3 is 14.7 Å². The van der Waals surface area contributed by atoms with Crippen molar-refractivity contribution in [1.82, 2.24) is 4.90 Å². The predicted octanol–water partition coefficient (Wildman–Crippen LogP) is 5.81. The van der Waals surface area contributed by atoms with Crippen LogP contribution in [0.4, 0.5) is 4.39 Å². The summed E-state index contributed by atoms with van der Waals surface area (Å²) in [6, 6.07) is 16.3. The average Bonchev–Trinajstić information content (AvgIpc) is 3.09. The van der Waals surface area contributed by atoms with Gasteiger partial charge >= 0.3 is 0 Å². The van der Waals surface area contributed by atoms with Crippen LogP contribution < -0.4 is 4.74 Å². The molecule has 5 nitrogen and oxygen atoms in total. The van der Waals surface area contributed by atoms with Gasteiger partial charge in [0.2, 0.25) is 0 Å². The summed E-state index contributed by atoms with van der Waals surface area (Å²) in [7, 11) is 1.46. The number of carbonyl (C=O) groups excluding carboxylic acids is 2. The highest BCUT2D eigenvalue weighted by atomic mass is 35.5. The predicted molar refractivity (Wildman–Crippen MR) is 129 cm³/mol. The van der Waals surface area contributed by atoms with Crippen molar-refractivity contribution in [3.63, 3.8) is 0 Å². The largest absolute Gasteiger partial charge is 0.507 e. The number of likely N-dealkylation sites (tertiary alicyclic amines) is 1. The SMILES string of the molecule is COc1ccc(Cl)c(/C(O)=C2\C(=O)C(=O)N(CCc3ccc(Cl)cc3)C2c2ccc(F)cc2)c1. The summed E-state index contributed by atoms with van der Waals surface area (Å²) in [6.45, 7) is 0.191. The maximum atomic E-state index is 13.6. The van der Waals surface area contributed by atoms with Crippen LogP contribution in [0.25, 0.3) is 5.76 Å². The van der Waals surface area contributed by atoms with E-state index in [1.165, 1.54) is 48.4 Å². The molecule has 0 bridgehead atoms. The molecular formula is C26H20Cl2FNO4. The normalized spacial score (nSPS) is 17.3. The van der Waals surface area contributed by atoms with Crippen LogP contribution >= 0.6 is 23.2 Å². The standard InChI is InChI=1S/C26H20Cl2FNO4/c1-34-19-10-11-21(28)20(14-19)24(31)22-23(16-4-8-18(29)9-5-16)30(26(33)25(22)32)13-12-15-2-6-17(27)7-3-15/h2-11,14,23,31H,12-13H2,1H3/b24-22+. The van der Waals surface area contributed by atoms with E-state index < -0.39 is 29.3 Å². The Labute approximate surface area is 206 Å². The second-order valence-electron chi connectivity index (χ2n) is 7.77. The van der Waals surface area contributed by atoms with Gasteiger partial charge in [-0.3, -0.25) is 9.59 Å². The van der Waals surface area contributed by atoms with E-state index in [0.29, 0.717) is 22.8 Å². The fourth-order valence-corrected chi connectivity index (χ4v) is 4.29. The fraction of sp³-hybridized carbons (Fsp3) is 0.154. The molecule has 1 aliphatic heterocycles. The van der Waals surface area contributed by atoms with Crippen molar-refractivity contribution in [3.05, 3.63) is 105 Å². The van der Waals surface area contributed by atoms with Crippen LogP contribution in [0.5, 0.6) is 5.75 Å². The molecule has 4 rings (SSSR count). The Bertz CT molecular complexity index is 1270. The lowest BCUT2D eigenvalue weighted by molar-refractivity contribution is -0.139. The van der Waals surface area contributed by atoms with Gasteiger partial charge in [0.05, 0.1) is 23.7 Å². The van der Waals surface area contributed by atoms with Crippen LogP contribution in [0, 0.1) is 5.82 Å². The number of aliphatic hydroxyl groups is 1. The minimum absolute atomic E-state index is 0.122. The fourth-order valence-electron chi connectivity index (χ4n) is 3.96. The summed E-state index contributed by atoms with van der Waals surface area (Å²) >= 11 is 12.2. The van der Waals surface area contributed by atoms with Gasteiger partial charge in [0.25, 0.3) is 11.7 Å². The maximum absolute atomic E-state index is 13.6. The highest BCUT2D eigenvalue weighted by Crippen LogP contribution is 2.41. The summed E-state index contributed by atoms with van der Waals surface area (Å²) in [5, 5.41) is 12.0. The molecule has 1 unspecified atom stereocenters. The van der Waals surface area contributed by atoms with Crippen molar-refractivity contribution in [2.45, 2.75) is 12.5 Å². The van der Waals surface area contributed by atoms with Crippen LogP contribution in [0.15, 0.2) is 72.3 Å². The number of hydrogen-bond donors (Lipinski definition) is 1. The summed E-state index contributed by atoms with van der Waals surface area (Å²) in [6.07, 6.45) is 0.446. The monoisotopic (exact) mass is 499 g/mol. The number of benzene rings is 3. The van der Waals surface area contributed by atoms with Crippen LogP contribution in [0.3, 0.4) is 0 Å². The van der Waals surface area contributed by atoms with E-state index in [9.17, 15) is 19.1 Å². The Morgan fingerprint density at radius 3 is 2.35 bits per heavy atom. The van der Waals surface area contributed by atoms with E-state index in [-0.39, 0.29) is 22.7 Å². The molecule has 1 saturated heterocycles. The van der Waals surface area contributed by atoms with Gasteiger partial charge in [-0.05, 0) is 60.0 Å². The molecule has 1 fully saturated rings. The molecule has 1 atom stereocenters. The molecule has 1 amide bonds. The van der Waals surface area contributed by atoms with Crippen LogP contribution in [-0.2, 0) is 16.0 Å². The molecule has 0 aliphatic carbocycles. The molecule has 34 heavy (non-hydrogen) atoms. The minimum atomic E-state index is -0.921. The zero-order valence-electron chi connectivity index (χ0n) is 18.1. The van der Waals surface area contributed by atoms with E-state index in [0.717, 1.165) is 5.56 Å². The zero-order chi connectivity index (χ0) is 24.4. The van der Waals surface area contributed by atoms with E-state index in [1.54, 1.807) is 18.2 Å². The first-order valence-electron chi connectivity index (χ1n) is 10.4. The molecule has 174 valence electrons. The van der Waals surface area contributed by atoms with E-state index in [4.69, 9.17) is 27.9 Å². The van der Waals surface area contributed by atoms with Gasteiger partial charge in [0.15, 0.2) is 0 Å². The first-order valence-corrected chi connectivity index (χ1v) is 11.2. The van der Waals surface area contributed by atoms with Crippen molar-refractivity contribution in [2.75, 3.05) is 13.7 Å². The number of methoxy groups -OCH3 is 1. The number of aliphatic hydroxyl groups excluding tert-OH is 1. The number of nitrogens with zero attached hydrogens (tertiary/aromatic N) is 1. The van der Waals surface area contributed by atoms with Crippen molar-refractivity contribution in [1.29, 1.82) is 0 Å². The van der Waals surface area contributed by atoms with Gasteiger partial charge in [0, 0.05) is 17.1 Å². The highest BCUT2D eigenvalue weighted by molar-refractivity contribution is 6.47. The van der Waals surface area contributed by atoms with Crippen molar-refractivity contribution in [3.8, 4) is 5.75 Å². The first-order chi connectivity index (χ1) is 16.3. The Morgan fingerprint density at radius 1 is 1.03 bits per heavy atom.